The Bertz CT molecular complexity index is 688. The van der Waals surface area contributed by atoms with Gasteiger partial charge in [0, 0.05) is 21.7 Å². The van der Waals surface area contributed by atoms with Gasteiger partial charge >= 0.3 is 0 Å². The van der Waals surface area contributed by atoms with Crippen LogP contribution in [0.4, 0.5) is 0 Å². The molecule has 0 aliphatic carbocycles. The number of benzene rings is 1. The van der Waals surface area contributed by atoms with Crippen LogP contribution in [-0.2, 0) is 4.79 Å². The van der Waals surface area contributed by atoms with Crippen molar-refractivity contribution in [1.29, 1.82) is 10.5 Å². The van der Waals surface area contributed by atoms with Gasteiger partial charge in [-0.15, -0.1) is 0 Å². The van der Waals surface area contributed by atoms with Gasteiger partial charge in [0.05, 0.1) is 18.1 Å². The van der Waals surface area contributed by atoms with Crippen molar-refractivity contribution < 1.29 is 4.79 Å². The first-order valence-electron chi connectivity index (χ1n) is 6.07. The van der Waals surface area contributed by atoms with Crippen LogP contribution in [0.5, 0.6) is 0 Å². The van der Waals surface area contributed by atoms with E-state index < -0.39 is 17.8 Å². The van der Waals surface area contributed by atoms with Crippen molar-refractivity contribution in [1.82, 2.24) is 5.43 Å². The van der Waals surface area contributed by atoms with Crippen LogP contribution in [0.25, 0.3) is 0 Å². The molecule has 1 aromatic carbocycles. The first-order chi connectivity index (χ1) is 9.99. The van der Waals surface area contributed by atoms with E-state index in [9.17, 15) is 15.3 Å². The van der Waals surface area contributed by atoms with Crippen molar-refractivity contribution in [3.63, 3.8) is 0 Å². The largest absolute Gasteiger partial charge is 0.272 e. The summed E-state index contributed by atoms with van der Waals surface area (Å²) in [4.78, 5) is 12.0. The zero-order valence-corrected chi connectivity index (χ0v) is 12.5. The van der Waals surface area contributed by atoms with Gasteiger partial charge in [-0.2, -0.15) is 15.6 Å². The molecule has 7 heteroatoms. The molecule has 0 spiro atoms. The summed E-state index contributed by atoms with van der Waals surface area (Å²) in [5.41, 5.74) is 3.42. The summed E-state index contributed by atoms with van der Waals surface area (Å²) >= 11 is 12.0. The summed E-state index contributed by atoms with van der Waals surface area (Å²) in [6.45, 7) is 1.67. The molecule has 0 aromatic heterocycles. The van der Waals surface area contributed by atoms with Crippen LogP contribution in [0.3, 0.4) is 0 Å². The fourth-order valence-electron chi connectivity index (χ4n) is 2.41. The van der Waals surface area contributed by atoms with E-state index in [1.54, 1.807) is 19.1 Å². The quantitative estimate of drug-likeness (QED) is 0.928. The van der Waals surface area contributed by atoms with Crippen molar-refractivity contribution in [2.24, 2.45) is 16.9 Å². The van der Waals surface area contributed by atoms with Crippen LogP contribution in [0, 0.1) is 34.5 Å². The fraction of sp³-hybridized carbons (Fsp3) is 0.286. The van der Waals surface area contributed by atoms with E-state index in [1.807, 2.05) is 12.1 Å². The van der Waals surface area contributed by atoms with Gasteiger partial charge in [-0.25, -0.2) is 5.43 Å². The lowest BCUT2D eigenvalue weighted by molar-refractivity contribution is -0.122. The summed E-state index contributed by atoms with van der Waals surface area (Å²) in [6.07, 6.45) is 0. The van der Waals surface area contributed by atoms with E-state index in [0.29, 0.717) is 21.3 Å². The first kappa shape index (κ1) is 15.3. The smallest absolute Gasteiger partial charge is 0.249 e. The Morgan fingerprint density at radius 3 is 2.48 bits per heavy atom. The lowest BCUT2D eigenvalue weighted by Gasteiger charge is -2.24. The minimum absolute atomic E-state index is 0.315. The maximum atomic E-state index is 12.0. The molecule has 2 unspecified atom stereocenters. The van der Waals surface area contributed by atoms with Gasteiger partial charge in [-0.05, 0) is 24.6 Å². The number of nitriles is 2. The van der Waals surface area contributed by atoms with Gasteiger partial charge in [0.2, 0.25) is 5.91 Å². The van der Waals surface area contributed by atoms with Gasteiger partial charge in [-0.1, -0.05) is 29.3 Å². The summed E-state index contributed by atoms with van der Waals surface area (Å²) in [6, 6.07) is 8.62. The number of halogens is 2. The van der Waals surface area contributed by atoms with Crippen molar-refractivity contribution >= 4 is 34.8 Å². The fourth-order valence-corrected chi connectivity index (χ4v) is 2.94. The normalized spacial score (nSPS) is 18.7. The molecule has 1 aromatic rings. The second-order valence-corrected chi connectivity index (χ2v) is 5.48. The molecular formula is C14H10Cl2N4O. The number of hydrogen-bond acceptors (Lipinski definition) is 4. The number of amides is 1. The number of carbonyl (C=O) groups is 1. The molecule has 0 fully saturated rings. The molecule has 5 nitrogen and oxygen atoms in total. The molecule has 2 rings (SSSR count). The van der Waals surface area contributed by atoms with Crippen molar-refractivity contribution in [2.45, 2.75) is 12.8 Å². The number of nitrogens with one attached hydrogen (secondary N) is 1. The molecule has 2 atom stereocenters. The van der Waals surface area contributed by atoms with Crippen molar-refractivity contribution in [3.05, 3.63) is 33.8 Å². The van der Waals surface area contributed by atoms with E-state index in [2.05, 4.69) is 10.5 Å². The Morgan fingerprint density at radius 1 is 1.33 bits per heavy atom. The monoisotopic (exact) mass is 320 g/mol. The zero-order valence-electron chi connectivity index (χ0n) is 11.0. The van der Waals surface area contributed by atoms with Crippen molar-refractivity contribution in [2.75, 3.05) is 0 Å². The molecule has 1 aliphatic rings. The van der Waals surface area contributed by atoms with Gasteiger partial charge in [-0.3, -0.25) is 4.79 Å². The minimum atomic E-state index is -1.03. The maximum absolute atomic E-state index is 12.0. The van der Waals surface area contributed by atoms with Crippen LogP contribution in [0.1, 0.15) is 18.4 Å². The third-order valence-corrected chi connectivity index (χ3v) is 3.96. The lowest BCUT2D eigenvalue weighted by Crippen LogP contribution is -2.32. The highest BCUT2D eigenvalue weighted by molar-refractivity contribution is 6.35. The highest BCUT2D eigenvalue weighted by Crippen LogP contribution is 2.39. The number of carbonyl (C=O) groups excluding carboxylic acids is 1. The number of rotatable bonds is 3. The van der Waals surface area contributed by atoms with Crippen LogP contribution in [0.2, 0.25) is 10.0 Å². The molecule has 0 bridgehead atoms. The predicted molar refractivity (Wildman–Crippen MR) is 78.7 cm³/mol. The number of hydrazone groups is 1. The van der Waals surface area contributed by atoms with Crippen LogP contribution in [0.15, 0.2) is 23.3 Å². The van der Waals surface area contributed by atoms with Gasteiger partial charge in [0.25, 0.3) is 0 Å². The van der Waals surface area contributed by atoms with Crippen LogP contribution >= 0.6 is 23.2 Å². The molecule has 106 valence electrons. The lowest BCUT2D eigenvalue weighted by atomic mass is 9.76. The maximum Gasteiger partial charge on any atom is 0.249 e. The third kappa shape index (κ3) is 2.85. The Kier molecular flexibility index (Phi) is 4.47. The average molecular weight is 321 g/mol. The Hall–Kier alpha value is -2.08. The number of nitrogens with zero attached hydrogens (tertiary/aromatic N) is 3. The van der Waals surface area contributed by atoms with Gasteiger partial charge < -0.3 is 0 Å². The second kappa shape index (κ2) is 6.13. The van der Waals surface area contributed by atoms with E-state index in [-0.39, 0.29) is 5.91 Å². The highest BCUT2D eigenvalue weighted by Gasteiger charge is 2.41. The molecular weight excluding hydrogens is 311 g/mol. The Labute approximate surface area is 131 Å². The zero-order chi connectivity index (χ0) is 15.6. The highest BCUT2D eigenvalue weighted by atomic mass is 35.5. The van der Waals surface area contributed by atoms with E-state index in [0.717, 1.165) is 0 Å². The molecule has 21 heavy (non-hydrogen) atoms. The molecule has 1 amide bonds. The average Bonchev–Trinajstić information content (AvgIpc) is 2.77. The molecule has 0 saturated carbocycles. The molecule has 1 heterocycles. The Balaban J connectivity index is 2.57. The summed E-state index contributed by atoms with van der Waals surface area (Å²) in [7, 11) is 0. The van der Waals surface area contributed by atoms with Crippen molar-refractivity contribution in [3.8, 4) is 12.1 Å². The molecule has 0 saturated heterocycles. The van der Waals surface area contributed by atoms with Crippen LogP contribution in [-0.4, -0.2) is 11.6 Å². The van der Waals surface area contributed by atoms with Gasteiger partial charge in [0.15, 0.2) is 0 Å². The molecule has 1 aliphatic heterocycles. The Morgan fingerprint density at radius 2 is 2.00 bits per heavy atom. The predicted octanol–water partition coefficient (Wildman–Crippen LogP) is 2.86. The summed E-state index contributed by atoms with van der Waals surface area (Å²) < 4.78 is 0. The first-order valence-corrected chi connectivity index (χ1v) is 6.83. The molecule has 0 radical (unpaired) electrons. The topological polar surface area (TPSA) is 89.0 Å². The molecule has 1 N–H and O–H groups in total. The van der Waals surface area contributed by atoms with E-state index in [4.69, 9.17) is 23.2 Å². The van der Waals surface area contributed by atoms with Gasteiger partial charge in [0.1, 0.15) is 5.92 Å². The SMILES string of the molecule is CC1=NNC(=O)C1C(c1ccc(Cl)cc1Cl)C(C#N)C#N. The standard InChI is InChI=1S/C14H10Cl2N4O/c1-7-12(14(21)20-19-7)13(8(5-17)6-18)10-3-2-9(15)4-11(10)16/h2-4,8,12-13H,1H3,(H,20,21). The van der Waals surface area contributed by atoms with Crippen LogP contribution < -0.4 is 5.43 Å². The summed E-state index contributed by atoms with van der Waals surface area (Å²) in [5, 5.41) is 23.1. The minimum Gasteiger partial charge on any atom is -0.272 e. The third-order valence-electron chi connectivity index (χ3n) is 3.39. The second-order valence-electron chi connectivity index (χ2n) is 4.63. The van der Waals surface area contributed by atoms with E-state index in [1.165, 1.54) is 6.07 Å². The number of hydrogen-bond donors (Lipinski definition) is 1. The summed E-state index contributed by atoms with van der Waals surface area (Å²) in [5.74, 6) is -2.77. The van der Waals surface area contributed by atoms with E-state index >= 15 is 0 Å².